The maximum atomic E-state index is 13.5. The number of esters is 1. The number of carbonyl (C=O) groups excluding carboxylic acids is 2. The molecular weight excluding hydrogens is 428 g/mol. The zero-order valence-electron chi connectivity index (χ0n) is 18.0. The lowest BCUT2D eigenvalue weighted by molar-refractivity contribution is -0.114. The Morgan fingerprint density at radius 3 is 2.28 bits per heavy atom. The molecule has 0 aliphatic carbocycles. The predicted octanol–water partition coefficient (Wildman–Crippen LogP) is 3.92. The first-order chi connectivity index (χ1) is 15.2. The molecule has 0 unspecified atom stereocenters. The number of benzene rings is 3. The zero-order valence-corrected chi connectivity index (χ0v) is 18.8. The molecule has 0 saturated carbocycles. The molecule has 3 aromatic carbocycles. The largest absolute Gasteiger partial charge is 0.465 e. The van der Waals surface area contributed by atoms with Crippen LogP contribution in [0.5, 0.6) is 0 Å². The zero-order chi connectivity index (χ0) is 23.3. The van der Waals surface area contributed by atoms with Gasteiger partial charge in [0, 0.05) is 5.69 Å². The fourth-order valence-electron chi connectivity index (χ4n) is 3.15. The number of aryl methyl sites for hydroxylation is 2. The number of nitrogens with zero attached hydrogens (tertiary/aromatic N) is 1. The minimum atomic E-state index is -4.01. The van der Waals surface area contributed by atoms with E-state index in [0.717, 1.165) is 9.87 Å². The second-order valence-corrected chi connectivity index (χ2v) is 9.09. The van der Waals surface area contributed by atoms with E-state index in [1.165, 1.54) is 25.3 Å². The molecule has 32 heavy (non-hydrogen) atoms. The predicted molar refractivity (Wildman–Crippen MR) is 123 cm³/mol. The normalized spacial score (nSPS) is 11.0. The number of carbonyl (C=O) groups is 2. The van der Waals surface area contributed by atoms with Gasteiger partial charge in [0.25, 0.3) is 10.0 Å². The topological polar surface area (TPSA) is 92.8 Å². The molecule has 0 saturated heterocycles. The third kappa shape index (κ3) is 5.15. The Balaban J connectivity index is 1.93. The van der Waals surface area contributed by atoms with Gasteiger partial charge in [-0.15, -0.1) is 0 Å². The highest BCUT2D eigenvalue weighted by Crippen LogP contribution is 2.27. The molecule has 0 atom stereocenters. The quantitative estimate of drug-likeness (QED) is 0.549. The Morgan fingerprint density at radius 2 is 1.62 bits per heavy atom. The van der Waals surface area contributed by atoms with Gasteiger partial charge < -0.3 is 10.1 Å². The summed E-state index contributed by atoms with van der Waals surface area (Å²) >= 11 is 0. The molecule has 1 N–H and O–H groups in total. The third-order valence-electron chi connectivity index (χ3n) is 4.85. The van der Waals surface area contributed by atoms with E-state index < -0.39 is 28.4 Å². The molecule has 3 aromatic rings. The van der Waals surface area contributed by atoms with Gasteiger partial charge in [0.1, 0.15) is 6.54 Å². The Hall–Kier alpha value is -3.65. The van der Waals surface area contributed by atoms with Crippen LogP contribution in [0.25, 0.3) is 0 Å². The SMILES string of the molecule is COC(=O)c1cccc(NC(=O)CN(c2ccccc2C)S(=O)(=O)c2ccc(C)cc2)c1. The monoisotopic (exact) mass is 452 g/mol. The lowest BCUT2D eigenvalue weighted by Gasteiger charge is -2.25. The smallest absolute Gasteiger partial charge is 0.337 e. The highest BCUT2D eigenvalue weighted by molar-refractivity contribution is 7.92. The molecule has 1 amide bonds. The van der Waals surface area contributed by atoms with Gasteiger partial charge in [-0.25, -0.2) is 13.2 Å². The van der Waals surface area contributed by atoms with E-state index in [9.17, 15) is 18.0 Å². The van der Waals surface area contributed by atoms with Crippen molar-refractivity contribution in [3.8, 4) is 0 Å². The second kappa shape index (κ2) is 9.65. The van der Waals surface area contributed by atoms with Crippen molar-refractivity contribution in [2.45, 2.75) is 18.7 Å². The molecule has 3 rings (SSSR count). The van der Waals surface area contributed by atoms with Crippen LogP contribution in [0.15, 0.2) is 77.7 Å². The molecule has 0 aliphatic heterocycles. The number of hydrogen-bond acceptors (Lipinski definition) is 5. The first-order valence-electron chi connectivity index (χ1n) is 9.85. The van der Waals surface area contributed by atoms with Crippen molar-refractivity contribution in [3.05, 3.63) is 89.5 Å². The molecule has 0 aliphatic rings. The average Bonchev–Trinajstić information content (AvgIpc) is 2.78. The van der Waals surface area contributed by atoms with Gasteiger partial charge in [-0.3, -0.25) is 9.10 Å². The van der Waals surface area contributed by atoms with E-state index in [-0.39, 0.29) is 10.5 Å². The molecule has 7 nitrogen and oxygen atoms in total. The molecule has 0 aromatic heterocycles. The van der Waals surface area contributed by atoms with Crippen LogP contribution in [0, 0.1) is 13.8 Å². The minimum absolute atomic E-state index is 0.0897. The van der Waals surface area contributed by atoms with Crippen LogP contribution in [-0.4, -0.2) is 33.9 Å². The number of rotatable bonds is 7. The number of amides is 1. The number of methoxy groups -OCH3 is 1. The van der Waals surface area contributed by atoms with Crippen molar-refractivity contribution < 1.29 is 22.7 Å². The number of anilines is 2. The van der Waals surface area contributed by atoms with Crippen molar-refractivity contribution in [2.75, 3.05) is 23.3 Å². The maximum absolute atomic E-state index is 13.5. The first-order valence-corrected chi connectivity index (χ1v) is 11.3. The summed E-state index contributed by atoms with van der Waals surface area (Å²) in [6.07, 6.45) is 0. The van der Waals surface area contributed by atoms with Crippen LogP contribution >= 0.6 is 0 Å². The van der Waals surface area contributed by atoms with Crippen LogP contribution in [0.1, 0.15) is 21.5 Å². The van der Waals surface area contributed by atoms with Crippen molar-refractivity contribution in [1.29, 1.82) is 0 Å². The number of nitrogens with one attached hydrogen (secondary N) is 1. The lowest BCUT2D eigenvalue weighted by Crippen LogP contribution is -2.38. The summed E-state index contributed by atoms with van der Waals surface area (Å²) in [5, 5.41) is 2.66. The van der Waals surface area contributed by atoms with Crippen molar-refractivity contribution in [3.63, 3.8) is 0 Å². The van der Waals surface area contributed by atoms with Crippen LogP contribution < -0.4 is 9.62 Å². The molecule has 0 bridgehead atoms. The Morgan fingerprint density at radius 1 is 0.938 bits per heavy atom. The lowest BCUT2D eigenvalue weighted by atomic mass is 10.2. The Kier molecular flexibility index (Phi) is 6.95. The summed E-state index contributed by atoms with van der Waals surface area (Å²) in [5.41, 5.74) is 2.67. The van der Waals surface area contributed by atoms with Crippen molar-refractivity contribution in [1.82, 2.24) is 0 Å². The summed E-state index contributed by atoms with van der Waals surface area (Å²) in [6.45, 7) is 3.21. The summed E-state index contributed by atoms with van der Waals surface area (Å²) in [7, 11) is -2.74. The van der Waals surface area contributed by atoms with Crippen LogP contribution in [0.4, 0.5) is 11.4 Å². The van der Waals surface area contributed by atoms with Gasteiger partial charge >= 0.3 is 5.97 Å². The van der Waals surface area contributed by atoms with Gasteiger partial charge in [0.15, 0.2) is 0 Å². The average molecular weight is 453 g/mol. The number of sulfonamides is 1. The maximum Gasteiger partial charge on any atom is 0.337 e. The van der Waals surface area contributed by atoms with Gasteiger partial charge in [0.2, 0.25) is 5.91 Å². The van der Waals surface area contributed by atoms with E-state index in [1.54, 1.807) is 61.5 Å². The third-order valence-corrected chi connectivity index (χ3v) is 6.62. The van der Waals surface area contributed by atoms with Gasteiger partial charge in [-0.1, -0.05) is 42.0 Å². The molecule has 8 heteroatoms. The standard InChI is InChI=1S/C24H24N2O5S/c1-17-11-13-21(14-12-17)32(29,30)26(22-10-5-4-7-18(22)2)16-23(27)25-20-9-6-8-19(15-20)24(28)31-3/h4-15H,16H2,1-3H3,(H,25,27). The van der Waals surface area contributed by atoms with Crippen LogP contribution in [0.2, 0.25) is 0 Å². The molecule has 0 spiro atoms. The summed E-state index contributed by atoms with van der Waals surface area (Å²) in [4.78, 5) is 24.7. The Bertz CT molecular complexity index is 1240. The van der Waals surface area contributed by atoms with E-state index in [1.807, 2.05) is 6.92 Å². The van der Waals surface area contributed by atoms with E-state index in [0.29, 0.717) is 16.9 Å². The van der Waals surface area contributed by atoms with E-state index in [4.69, 9.17) is 4.74 Å². The van der Waals surface area contributed by atoms with Gasteiger partial charge in [-0.05, 0) is 55.8 Å². The summed E-state index contributed by atoms with van der Waals surface area (Å²) < 4.78 is 32.7. The molecule has 0 heterocycles. The first kappa shape index (κ1) is 23.0. The molecular formula is C24H24N2O5S. The highest BCUT2D eigenvalue weighted by Gasteiger charge is 2.28. The van der Waals surface area contributed by atoms with E-state index >= 15 is 0 Å². The van der Waals surface area contributed by atoms with Crippen LogP contribution in [-0.2, 0) is 19.6 Å². The highest BCUT2D eigenvalue weighted by atomic mass is 32.2. The summed E-state index contributed by atoms with van der Waals surface area (Å²) in [6, 6.07) is 19.7. The van der Waals surface area contributed by atoms with Crippen molar-refractivity contribution in [2.24, 2.45) is 0 Å². The molecule has 166 valence electrons. The number of para-hydroxylation sites is 1. The second-order valence-electron chi connectivity index (χ2n) is 7.23. The van der Waals surface area contributed by atoms with Crippen LogP contribution in [0.3, 0.4) is 0 Å². The fraction of sp³-hybridized carbons (Fsp3) is 0.167. The summed E-state index contributed by atoms with van der Waals surface area (Å²) in [5.74, 6) is -1.09. The van der Waals surface area contributed by atoms with Crippen molar-refractivity contribution >= 4 is 33.3 Å². The molecule has 0 fully saturated rings. The van der Waals surface area contributed by atoms with Gasteiger partial charge in [0.05, 0.1) is 23.3 Å². The van der Waals surface area contributed by atoms with E-state index in [2.05, 4.69) is 5.32 Å². The van der Waals surface area contributed by atoms with Gasteiger partial charge in [-0.2, -0.15) is 0 Å². The fourth-order valence-corrected chi connectivity index (χ4v) is 4.64. The number of hydrogen-bond donors (Lipinski definition) is 1. The Labute approximate surface area is 187 Å². The number of ether oxygens (including phenoxy) is 1. The minimum Gasteiger partial charge on any atom is -0.465 e. The molecule has 0 radical (unpaired) electrons.